The molecule has 35 heavy (non-hydrogen) atoms. The number of carbonyl (C=O) groups excluding carboxylic acids is 2. The topological polar surface area (TPSA) is 64.1 Å². The number of hydrogen-bond donors (Lipinski definition) is 1. The van der Waals surface area contributed by atoms with Crippen LogP contribution in [0.4, 0.5) is 13.2 Å². The smallest absolute Gasteiger partial charge is 0.392 e. The fraction of sp³-hybridized carbons (Fsp3) is 0.462. The maximum Gasteiger partial charge on any atom is 0.416 e. The van der Waals surface area contributed by atoms with Crippen LogP contribution in [0, 0.1) is 0 Å². The summed E-state index contributed by atoms with van der Waals surface area (Å²) in [6.07, 6.45) is -3.48. The van der Waals surface area contributed by atoms with E-state index in [1.165, 1.54) is 6.07 Å². The highest BCUT2D eigenvalue weighted by molar-refractivity contribution is 5.89. The molecule has 0 radical (unpaired) electrons. The van der Waals surface area contributed by atoms with Gasteiger partial charge in [-0.3, -0.25) is 14.5 Å². The van der Waals surface area contributed by atoms with Crippen LogP contribution >= 0.6 is 0 Å². The van der Waals surface area contributed by atoms with Gasteiger partial charge in [0.05, 0.1) is 30.3 Å². The van der Waals surface area contributed by atoms with Crippen molar-refractivity contribution < 1.29 is 27.9 Å². The van der Waals surface area contributed by atoms with Gasteiger partial charge in [0.2, 0.25) is 11.8 Å². The molecule has 2 heterocycles. The Morgan fingerprint density at radius 3 is 2.43 bits per heavy atom. The Morgan fingerprint density at radius 2 is 1.77 bits per heavy atom. The summed E-state index contributed by atoms with van der Waals surface area (Å²) < 4.78 is 39.6. The van der Waals surface area contributed by atoms with Crippen LogP contribution in [0.1, 0.15) is 29.5 Å². The molecule has 0 unspecified atom stereocenters. The van der Waals surface area contributed by atoms with E-state index >= 15 is 0 Å². The molecule has 0 aliphatic carbocycles. The molecule has 2 amide bonds. The molecule has 0 bridgehead atoms. The predicted octanol–water partition coefficient (Wildman–Crippen LogP) is 2.94. The van der Waals surface area contributed by atoms with E-state index < -0.39 is 23.9 Å². The van der Waals surface area contributed by atoms with Crippen molar-refractivity contribution in [2.24, 2.45) is 0 Å². The predicted molar refractivity (Wildman–Crippen MR) is 124 cm³/mol. The molecule has 2 fully saturated rings. The third-order valence-corrected chi connectivity index (χ3v) is 6.86. The zero-order chi connectivity index (χ0) is 25.2. The van der Waals surface area contributed by atoms with Gasteiger partial charge < -0.3 is 14.9 Å². The monoisotopic (exact) mass is 489 g/mol. The van der Waals surface area contributed by atoms with Crippen LogP contribution in [0.25, 0.3) is 0 Å². The van der Waals surface area contributed by atoms with Gasteiger partial charge in [-0.15, -0.1) is 0 Å². The summed E-state index contributed by atoms with van der Waals surface area (Å²) in [6, 6.07) is 14.0. The van der Waals surface area contributed by atoms with Gasteiger partial charge in [0, 0.05) is 19.6 Å². The SMILES string of the molecule is CN1C[C@H](O)C[C@H]1C(=O)N1CC(=O)N(Cc2cccc(C(F)(F)F)c2)[C@@H](CCc2ccccc2)C1. The maximum atomic E-state index is 13.2. The molecule has 188 valence electrons. The number of β-amino-alcohol motifs (C(OH)–C–C–N with tert-alkyl or cyclic N) is 1. The zero-order valence-electron chi connectivity index (χ0n) is 19.6. The summed E-state index contributed by atoms with van der Waals surface area (Å²) >= 11 is 0. The van der Waals surface area contributed by atoms with Gasteiger partial charge in [0.1, 0.15) is 0 Å². The lowest BCUT2D eigenvalue weighted by atomic mass is 9.99. The van der Waals surface area contributed by atoms with Gasteiger partial charge in [-0.1, -0.05) is 42.5 Å². The van der Waals surface area contributed by atoms with E-state index in [0.29, 0.717) is 37.9 Å². The van der Waals surface area contributed by atoms with Gasteiger partial charge in [0.15, 0.2) is 0 Å². The molecule has 9 heteroatoms. The number of likely N-dealkylation sites (tertiary alicyclic amines) is 1. The van der Waals surface area contributed by atoms with Crippen LogP contribution in [-0.4, -0.2) is 76.5 Å². The van der Waals surface area contributed by atoms with E-state index in [-0.39, 0.29) is 30.9 Å². The van der Waals surface area contributed by atoms with Gasteiger partial charge in [-0.25, -0.2) is 0 Å². The first-order valence-corrected chi connectivity index (χ1v) is 11.8. The summed E-state index contributed by atoms with van der Waals surface area (Å²) in [5.41, 5.74) is 0.734. The minimum Gasteiger partial charge on any atom is -0.392 e. The minimum atomic E-state index is -4.46. The number of rotatable bonds is 6. The Labute approximate surface area is 202 Å². The largest absolute Gasteiger partial charge is 0.416 e. The molecule has 4 rings (SSSR count). The molecule has 0 aromatic heterocycles. The molecule has 2 aliphatic rings. The summed E-state index contributed by atoms with van der Waals surface area (Å²) in [5, 5.41) is 9.95. The van der Waals surface area contributed by atoms with Crippen LogP contribution in [0.3, 0.4) is 0 Å². The Bertz CT molecular complexity index is 1050. The summed E-state index contributed by atoms with van der Waals surface area (Å²) in [7, 11) is 1.78. The lowest BCUT2D eigenvalue weighted by molar-refractivity contribution is -0.151. The van der Waals surface area contributed by atoms with Crippen molar-refractivity contribution in [3.8, 4) is 0 Å². The molecule has 3 atom stereocenters. The average Bonchev–Trinajstić information content (AvgIpc) is 3.16. The Hall–Kier alpha value is -2.91. The standard InChI is InChI=1S/C26H30F3N3O3/c1-30-16-22(33)13-23(30)25(35)31-15-21(11-10-18-6-3-2-4-7-18)32(24(34)17-31)14-19-8-5-9-20(12-19)26(27,28)29/h2-9,12,21-23,33H,10-11,13-17H2,1H3/t21-,22+,23-/m0/s1. The first-order valence-electron chi connectivity index (χ1n) is 11.8. The molecule has 1 N–H and O–H groups in total. The minimum absolute atomic E-state index is 0.0479. The number of aliphatic hydroxyl groups is 1. The fourth-order valence-corrected chi connectivity index (χ4v) is 5.00. The first-order chi connectivity index (χ1) is 16.6. The molecule has 6 nitrogen and oxygen atoms in total. The molecule has 2 saturated heterocycles. The van der Waals surface area contributed by atoms with Crippen LogP contribution < -0.4 is 0 Å². The van der Waals surface area contributed by atoms with Crippen molar-refractivity contribution in [3.05, 3.63) is 71.3 Å². The Morgan fingerprint density at radius 1 is 1.06 bits per heavy atom. The number of amides is 2. The molecule has 0 spiro atoms. The molecule has 2 aliphatic heterocycles. The number of halogens is 3. The van der Waals surface area contributed by atoms with E-state index in [2.05, 4.69) is 0 Å². The third kappa shape index (κ3) is 6.02. The lowest BCUT2D eigenvalue weighted by Gasteiger charge is -2.42. The number of likely N-dealkylation sites (N-methyl/N-ethyl adjacent to an activating group) is 1. The Kier molecular flexibility index (Phi) is 7.47. The number of piperazine rings is 1. The van der Waals surface area contributed by atoms with E-state index in [9.17, 15) is 27.9 Å². The average molecular weight is 490 g/mol. The van der Waals surface area contributed by atoms with E-state index in [1.807, 2.05) is 30.3 Å². The van der Waals surface area contributed by atoms with E-state index in [0.717, 1.165) is 17.7 Å². The maximum absolute atomic E-state index is 13.2. The lowest BCUT2D eigenvalue weighted by Crippen LogP contribution is -2.59. The van der Waals surface area contributed by atoms with E-state index in [4.69, 9.17) is 0 Å². The fourth-order valence-electron chi connectivity index (χ4n) is 5.00. The molecular formula is C26H30F3N3O3. The molecule has 2 aromatic carbocycles. The normalized spacial score (nSPS) is 23.7. The Balaban J connectivity index is 1.54. The van der Waals surface area contributed by atoms with Crippen LogP contribution in [0.15, 0.2) is 54.6 Å². The second kappa shape index (κ2) is 10.4. The van der Waals surface area contributed by atoms with Crippen molar-refractivity contribution in [1.29, 1.82) is 0 Å². The summed E-state index contributed by atoms with van der Waals surface area (Å²) in [4.78, 5) is 31.4. The number of nitrogens with zero attached hydrogens (tertiary/aromatic N) is 3. The zero-order valence-corrected chi connectivity index (χ0v) is 19.6. The van der Waals surface area contributed by atoms with Crippen molar-refractivity contribution in [3.63, 3.8) is 0 Å². The van der Waals surface area contributed by atoms with Crippen molar-refractivity contribution >= 4 is 11.8 Å². The number of hydrogen-bond acceptors (Lipinski definition) is 4. The number of carbonyl (C=O) groups is 2. The van der Waals surface area contributed by atoms with Gasteiger partial charge in [0.25, 0.3) is 0 Å². The second-order valence-corrected chi connectivity index (χ2v) is 9.46. The van der Waals surface area contributed by atoms with Crippen molar-refractivity contribution in [2.45, 2.75) is 50.2 Å². The van der Waals surface area contributed by atoms with Crippen LogP contribution in [0.2, 0.25) is 0 Å². The third-order valence-electron chi connectivity index (χ3n) is 6.86. The van der Waals surface area contributed by atoms with Gasteiger partial charge >= 0.3 is 6.18 Å². The molecule has 0 saturated carbocycles. The summed E-state index contributed by atoms with van der Waals surface area (Å²) in [5.74, 6) is -0.484. The van der Waals surface area contributed by atoms with Crippen molar-refractivity contribution in [1.82, 2.24) is 14.7 Å². The van der Waals surface area contributed by atoms with Crippen LogP contribution in [-0.2, 0) is 28.7 Å². The van der Waals surface area contributed by atoms with Gasteiger partial charge in [-0.2, -0.15) is 13.2 Å². The number of alkyl halides is 3. The van der Waals surface area contributed by atoms with Crippen molar-refractivity contribution in [2.75, 3.05) is 26.7 Å². The van der Waals surface area contributed by atoms with E-state index in [1.54, 1.807) is 27.8 Å². The number of benzene rings is 2. The number of aliphatic hydroxyl groups excluding tert-OH is 1. The second-order valence-electron chi connectivity index (χ2n) is 9.46. The quantitative estimate of drug-likeness (QED) is 0.678. The highest BCUT2D eigenvalue weighted by atomic mass is 19.4. The molecular weight excluding hydrogens is 459 g/mol. The summed E-state index contributed by atoms with van der Waals surface area (Å²) in [6.45, 7) is 0.625. The molecule has 2 aromatic rings. The highest BCUT2D eigenvalue weighted by Gasteiger charge is 2.41. The van der Waals surface area contributed by atoms with Crippen LogP contribution in [0.5, 0.6) is 0 Å². The first kappa shape index (κ1) is 25.2. The highest BCUT2D eigenvalue weighted by Crippen LogP contribution is 2.30. The van der Waals surface area contributed by atoms with Gasteiger partial charge in [-0.05, 0) is 49.6 Å². The number of aryl methyl sites for hydroxylation is 1.